The third-order valence-electron chi connectivity index (χ3n) is 3.74. The number of nitrogens with one attached hydrogen (secondary N) is 1. The van der Waals surface area contributed by atoms with E-state index in [0.29, 0.717) is 11.7 Å². The highest BCUT2D eigenvalue weighted by Crippen LogP contribution is 2.37. The van der Waals surface area contributed by atoms with Gasteiger partial charge < -0.3 is 4.98 Å². The number of imidazole rings is 1. The lowest BCUT2D eigenvalue weighted by molar-refractivity contribution is 0.989. The number of aromatic nitrogens is 4. The number of rotatable bonds is 2. The number of H-pyrrole nitrogens is 1. The summed E-state index contributed by atoms with van der Waals surface area (Å²) < 4.78 is 1.95. The highest BCUT2D eigenvalue weighted by Gasteiger charge is 2.26. The molecule has 0 bridgehead atoms. The Balaban J connectivity index is 1.88. The van der Waals surface area contributed by atoms with Gasteiger partial charge in [0.2, 0.25) is 0 Å². The lowest BCUT2D eigenvalue weighted by Gasteiger charge is -2.03. The van der Waals surface area contributed by atoms with Gasteiger partial charge in [0.25, 0.3) is 5.56 Å². The molecular weight excluding hydrogens is 252 g/mol. The molecule has 0 saturated heterocycles. The molecule has 1 saturated carbocycles. The number of fused-ring (bicyclic) bond motifs is 1. The lowest BCUT2D eigenvalue weighted by atomic mass is 10.2. The molecule has 0 radical (unpaired) electrons. The topological polar surface area (TPSA) is 63.0 Å². The van der Waals surface area contributed by atoms with E-state index in [1.54, 1.807) is 12.4 Å². The molecule has 0 aliphatic heterocycles. The number of aryl methyl sites for hydroxylation is 1. The van der Waals surface area contributed by atoms with Crippen LogP contribution in [0.15, 0.2) is 35.5 Å². The number of pyridine rings is 1. The van der Waals surface area contributed by atoms with Crippen molar-refractivity contribution in [2.75, 3.05) is 0 Å². The molecule has 1 aliphatic rings. The van der Waals surface area contributed by atoms with E-state index >= 15 is 0 Å². The molecule has 20 heavy (non-hydrogen) atoms. The third-order valence-corrected chi connectivity index (χ3v) is 3.74. The van der Waals surface area contributed by atoms with Crippen LogP contribution in [0.2, 0.25) is 0 Å². The number of aromatic amines is 1. The molecule has 100 valence electrons. The maximum atomic E-state index is 12.1. The smallest absolute Gasteiger partial charge is 0.254 e. The van der Waals surface area contributed by atoms with Gasteiger partial charge in [-0.15, -0.1) is 0 Å². The van der Waals surface area contributed by atoms with Crippen molar-refractivity contribution in [3.8, 4) is 11.5 Å². The second-order valence-electron chi connectivity index (χ2n) is 5.37. The summed E-state index contributed by atoms with van der Waals surface area (Å²) in [5.41, 5.74) is 3.57. The molecule has 5 heteroatoms. The van der Waals surface area contributed by atoms with Crippen LogP contribution in [0.25, 0.3) is 17.2 Å². The molecule has 0 unspecified atom stereocenters. The van der Waals surface area contributed by atoms with Gasteiger partial charge in [0.05, 0.1) is 6.20 Å². The molecule has 1 aliphatic carbocycles. The summed E-state index contributed by atoms with van der Waals surface area (Å²) in [5, 5.41) is 0. The summed E-state index contributed by atoms with van der Waals surface area (Å²) >= 11 is 0. The summed E-state index contributed by atoms with van der Waals surface area (Å²) in [6.07, 6.45) is 7.63. The maximum Gasteiger partial charge on any atom is 0.254 e. The Morgan fingerprint density at radius 2 is 2.10 bits per heavy atom. The monoisotopic (exact) mass is 266 g/mol. The molecule has 1 N–H and O–H groups in total. The van der Waals surface area contributed by atoms with Crippen molar-refractivity contribution < 1.29 is 0 Å². The van der Waals surface area contributed by atoms with Gasteiger partial charge in [-0.05, 0) is 37.3 Å². The summed E-state index contributed by atoms with van der Waals surface area (Å²) in [6.45, 7) is 2.02. The van der Waals surface area contributed by atoms with Crippen LogP contribution in [0.3, 0.4) is 0 Å². The van der Waals surface area contributed by atoms with Gasteiger partial charge in [-0.3, -0.25) is 9.20 Å². The molecule has 0 aromatic carbocycles. The predicted molar refractivity (Wildman–Crippen MR) is 75.8 cm³/mol. The predicted octanol–water partition coefficient (Wildman–Crippen LogP) is 2.27. The van der Waals surface area contributed by atoms with Crippen molar-refractivity contribution in [1.82, 2.24) is 19.4 Å². The van der Waals surface area contributed by atoms with E-state index in [1.165, 1.54) is 0 Å². The minimum absolute atomic E-state index is 0.0277. The second kappa shape index (κ2) is 4.03. The normalized spacial score (nSPS) is 14.8. The highest BCUT2D eigenvalue weighted by molar-refractivity contribution is 5.57. The van der Waals surface area contributed by atoms with E-state index in [-0.39, 0.29) is 5.56 Å². The molecule has 3 heterocycles. The SMILES string of the molecule is Cc1ccc2ncc(-c3ncc(C4CC4)c(=O)[nH]3)n2c1. The fraction of sp³-hybridized carbons (Fsp3) is 0.267. The van der Waals surface area contributed by atoms with Crippen molar-refractivity contribution in [2.45, 2.75) is 25.7 Å². The van der Waals surface area contributed by atoms with Crippen LogP contribution in [0, 0.1) is 6.92 Å². The summed E-state index contributed by atoms with van der Waals surface area (Å²) in [6, 6.07) is 3.97. The molecular formula is C15H14N4O. The van der Waals surface area contributed by atoms with Crippen LogP contribution in [0.4, 0.5) is 0 Å². The van der Waals surface area contributed by atoms with Gasteiger partial charge in [0, 0.05) is 18.0 Å². The Morgan fingerprint density at radius 1 is 1.25 bits per heavy atom. The van der Waals surface area contributed by atoms with Crippen LogP contribution < -0.4 is 5.56 Å². The maximum absolute atomic E-state index is 12.1. The zero-order valence-corrected chi connectivity index (χ0v) is 11.1. The van der Waals surface area contributed by atoms with Crippen LogP contribution in [-0.2, 0) is 0 Å². The first-order chi connectivity index (χ1) is 9.72. The fourth-order valence-electron chi connectivity index (χ4n) is 2.48. The molecule has 5 nitrogen and oxygen atoms in total. The summed E-state index contributed by atoms with van der Waals surface area (Å²) in [7, 11) is 0. The first-order valence-electron chi connectivity index (χ1n) is 6.76. The van der Waals surface area contributed by atoms with E-state index in [1.807, 2.05) is 29.7 Å². The Bertz CT molecular complexity index is 858. The van der Waals surface area contributed by atoms with Gasteiger partial charge in [-0.1, -0.05) is 6.07 Å². The molecule has 1 fully saturated rings. The fourth-order valence-corrected chi connectivity index (χ4v) is 2.48. The Hall–Kier alpha value is -2.43. The van der Waals surface area contributed by atoms with E-state index in [4.69, 9.17) is 0 Å². The average Bonchev–Trinajstić information content (AvgIpc) is 3.18. The Labute approximate surface area is 115 Å². The Morgan fingerprint density at radius 3 is 2.85 bits per heavy atom. The second-order valence-corrected chi connectivity index (χ2v) is 5.37. The van der Waals surface area contributed by atoms with Crippen LogP contribution >= 0.6 is 0 Å². The molecule has 3 aromatic heterocycles. The van der Waals surface area contributed by atoms with Crippen molar-refractivity contribution in [3.63, 3.8) is 0 Å². The quantitative estimate of drug-likeness (QED) is 0.774. The van der Waals surface area contributed by atoms with Crippen molar-refractivity contribution >= 4 is 5.65 Å². The Kier molecular flexibility index (Phi) is 2.30. The highest BCUT2D eigenvalue weighted by atomic mass is 16.1. The van der Waals surface area contributed by atoms with E-state index in [0.717, 1.165) is 35.3 Å². The first kappa shape index (κ1) is 11.4. The molecule has 4 rings (SSSR count). The molecule has 0 atom stereocenters. The first-order valence-corrected chi connectivity index (χ1v) is 6.76. The van der Waals surface area contributed by atoms with Crippen molar-refractivity contribution in [2.24, 2.45) is 0 Å². The number of nitrogens with zero attached hydrogens (tertiary/aromatic N) is 3. The van der Waals surface area contributed by atoms with Crippen LogP contribution in [-0.4, -0.2) is 19.4 Å². The molecule has 3 aromatic rings. The lowest BCUT2D eigenvalue weighted by Crippen LogP contribution is -2.14. The van der Waals surface area contributed by atoms with Crippen LogP contribution in [0.5, 0.6) is 0 Å². The minimum Gasteiger partial charge on any atom is -0.305 e. The van der Waals surface area contributed by atoms with Crippen molar-refractivity contribution in [1.29, 1.82) is 0 Å². The standard InChI is InChI=1S/C15H14N4O/c1-9-2-5-13-16-7-12(19(13)8-9)14-17-6-11(10-3-4-10)15(20)18-14/h2,5-8,10H,3-4H2,1H3,(H,17,18,20). The third kappa shape index (κ3) is 1.74. The van der Waals surface area contributed by atoms with Gasteiger partial charge in [0.15, 0.2) is 5.82 Å². The zero-order valence-electron chi connectivity index (χ0n) is 11.1. The van der Waals surface area contributed by atoms with Crippen molar-refractivity contribution in [3.05, 3.63) is 52.2 Å². The van der Waals surface area contributed by atoms with Crippen LogP contribution in [0.1, 0.15) is 29.9 Å². The largest absolute Gasteiger partial charge is 0.305 e. The number of hydrogen-bond acceptors (Lipinski definition) is 3. The van der Waals surface area contributed by atoms with E-state index in [9.17, 15) is 4.79 Å². The van der Waals surface area contributed by atoms with Gasteiger partial charge in [0.1, 0.15) is 11.3 Å². The van der Waals surface area contributed by atoms with Gasteiger partial charge in [-0.25, -0.2) is 9.97 Å². The van der Waals surface area contributed by atoms with E-state index < -0.39 is 0 Å². The average molecular weight is 266 g/mol. The summed E-state index contributed by atoms with van der Waals surface area (Å²) in [5.74, 6) is 0.974. The number of hydrogen-bond donors (Lipinski definition) is 1. The zero-order chi connectivity index (χ0) is 13.7. The summed E-state index contributed by atoms with van der Waals surface area (Å²) in [4.78, 5) is 23.7. The van der Waals surface area contributed by atoms with Gasteiger partial charge >= 0.3 is 0 Å². The molecule has 0 amide bonds. The van der Waals surface area contributed by atoms with Gasteiger partial charge in [-0.2, -0.15) is 0 Å². The molecule has 0 spiro atoms. The minimum atomic E-state index is -0.0277. The van der Waals surface area contributed by atoms with E-state index in [2.05, 4.69) is 15.0 Å².